The minimum absolute atomic E-state index is 0.0757. The summed E-state index contributed by atoms with van der Waals surface area (Å²) in [5, 5.41) is 6.99. The molecule has 28 heavy (non-hydrogen) atoms. The third kappa shape index (κ3) is 4.30. The van der Waals surface area contributed by atoms with Crippen molar-refractivity contribution in [2.45, 2.75) is 33.2 Å². The first-order chi connectivity index (χ1) is 13.1. The number of rotatable bonds is 4. The minimum atomic E-state index is -0.817. The van der Waals surface area contributed by atoms with Crippen molar-refractivity contribution in [1.82, 2.24) is 20.6 Å². The van der Waals surface area contributed by atoms with E-state index in [1.807, 2.05) is 0 Å². The van der Waals surface area contributed by atoms with E-state index in [-0.39, 0.29) is 11.4 Å². The van der Waals surface area contributed by atoms with Crippen LogP contribution in [0.15, 0.2) is 29.1 Å². The molecule has 1 aromatic heterocycles. The van der Waals surface area contributed by atoms with Gasteiger partial charge in [-0.05, 0) is 39.8 Å². The Morgan fingerprint density at radius 1 is 1.14 bits per heavy atom. The Morgan fingerprint density at radius 2 is 1.82 bits per heavy atom. The van der Waals surface area contributed by atoms with Crippen molar-refractivity contribution in [3.05, 3.63) is 51.3 Å². The number of H-pyrrole nitrogens is 1. The number of carbonyl (C=O) groups excluding carboxylic acids is 2. The molecule has 0 aliphatic rings. The molecule has 2 amide bonds. The van der Waals surface area contributed by atoms with E-state index in [1.54, 1.807) is 45.9 Å². The van der Waals surface area contributed by atoms with Gasteiger partial charge < -0.3 is 9.47 Å². The summed E-state index contributed by atoms with van der Waals surface area (Å²) in [7, 11) is 2.88. The first-order valence-electron chi connectivity index (χ1n) is 8.53. The van der Waals surface area contributed by atoms with Crippen molar-refractivity contribution in [1.29, 1.82) is 0 Å². The highest BCUT2D eigenvalue weighted by atomic mass is 16.5. The molecule has 1 heterocycles. The van der Waals surface area contributed by atoms with Gasteiger partial charge in [0, 0.05) is 17.2 Å². The zero-order valence-corrected chi connectivity index (χ0v) is 16.7. The molecule has 2 aromatic rings. The second-order valence-corrected chi connectivity index (χ2v) is 7.04. The Morgan fingerprint density at radius 3 is 2.39 bits per heavy atom. The van der Waals surface area contributed by atoms with Crippen LogP contribution in [0.2, 0.25) is 0 Å². The van der Waals surface area contributed by atoms with Crippen molar-refractivity contribution < 1.29 is 19.1 Å². The number of methoxy groups -OCH3 is 2. The Hall–Kier alpha value is -3.36. The number of hydrogen-bond acceptors (Lipinski definition) is 6. The lowest BCUT2D eigenvalue weighted by Gasteiger charge is -2.35. The number of amides is 2. The van der Waals surface area contributed by atoms with Crippen LogP contribution in [0.1, 0.15) is 47.1 Å². The fourth-order valence-electron chi connectivity index (χ4n) is 2.54. The Labute approximate surface area is 162 Å². The lowest BCUT2D eigenvalue weighted by Crippen LogP contribution is -2.56. The highest BCUT2D eigenvalue weighted by Gasteiger charge is 2.32. The van der Waals surface area contributed by atoms with Crippen LogP contribution in [0.3, 0.4) is 0 Å². The molecule has 9 nitrogen and oxygen atoms in total. The molecule has 0 bridgehead atoms. The summed E-state index contributed by atoms with van der Waals surface area (Å²) in [6, 6.07) is 6.27. The van der Waals surface area contributed by atoms with Crippen LogP contribution < -0.4 is 20.5 Å². The lowest BCUT2D eigenvalue weighted by molar-refractivity contribution is 0.0356. The van der Waals surface area contributed by atoms with Crippen LogP contribution in [0.25, 0.3) is 0 Å². The summed E-state index contributed by atoms with van der Waals surface area (Å²) in [5.74, 6) is -0.566. The zero-order valence-electron chi connectivity index (χ0n) is 16.7. The maximum atomic E-state index is 13.0. The Kier molecular flexibility index (Phi) is 6.07. The molecule has 2 rings (SSSR count). The molecule has 150 valence electrons. The van der Waals surface area contributed by atoms with Gasteiger partial charge in [0.2, 0.25) is 5.88 Å². The van der Waals surface area contributed by atoms with E-state index in [9.17, 15) is 14.4 Å². The van der Waals surface area contributed by atoms with E-state index in [1.165, 1.54) is 20.3 Å². The van der Waals surface area contributed by atoms with Gasteiger partial charge in [0.1, 0.15) is 11.3 Å². The van der Waals surface area contributed by atoms with Crippen molar-refractivity contribution in [2.75, 3.05) is 14.2 Å². The number of carbonyl (C=O) groups is 2. The number of hydrogen-bond donors (Lipinski definition) is 2. The Bertz CT molecular complexity index is 946. The first kappa shape index (κ1) is 20.9. The average molecular weight is 388 g/mol. The quantitative estimate of drug-likeness (QED) is 0.771. The summed E-state index contributed by atoms with van der Waals surface area (Å²) < 4.78 is 10.2. The molecule has 0 saturated heterocycles. The van der Waals surface area contributed by atoms with Crippen LogP contribution in [0, 0.1) is 6.92 Å². The molecule has 0 aliphatic carbocycles. The molecule has 0 unspecified atom stereocenters. The van der Waals surface area contributed by atoms with E-state index in [0.29, 0.717) is 16.9 Å². The predicted octanol–water partition coefficient (Wildman–Crippen LogP) is 1.68. The van der Waals surface area contributed by atoms with E-state index in [0.717, 1.165) is 5.01 Å². The molecule has 0 aliphatic heterocycles. The monoisotopic (exact) mass is 388 g/mol. The summed E-state index contributed by atoms with van der Waals surface area (Å²) >= 11 is 0. The number of aromatic nitrogens is 2. The van der Waals surface area contributed by atoms with Crippen molar-refractivity contribution >= 4 is 11.8 Å². The van der Waals surface area contributed by atoms with Crippen LogP contribution in [-0.2, 0) is 0 Å². The molecule has 0 saturated carbocycles. The highest BCUT2D eigenvalue weighted by Crippen LogP contribution is 2.22. The molecule has 9 heteroatoms. The van der Waals surface area contributed by atoms with E-state index >= 15 is 0 Å². The molecule has 2 N–H and O–H groups in total. The second kappa shape index (κ2) is 8.12. The number of nitrogens with zero attached hydrogens (tertiary/aromatic N) is 2. The van der Waals surface area contributed by atoms with Gasteiger partial charge in [0.25, 0.3) is 17.4 Å². The van der Waals surface area contributed by atoms with Gasteiger partial charge in [0.15, 0.2) is 0 Å². The lowest BCUT2D eigenvalue weighted by atomic mass is 10.1. The van der Waals surface area contributed by atoms with Gasteiger partial charge in [-0.1, -0.05) is 6.07 Å². The van der Waals surface area contributed by atoms with Crippen LogP contribution >= 0.6 is 0 Å². The largest absolute Gasteiger partial charge is 0.496 e. The van der Waals surface area contributed by atoms with Crippen LogP contribution in [0.4, 0.5) is 0 Å². The van der Waals surface area contributed by atoms with Crippen molar-refractivity contribution in [3.8, 4) is 11.6 Å². The molecule has 0 radical (unpaired) electrons. The van der Waals surface area contributed by atoms with Crippen molar-refractivity contribution in [3.63, 3.8) is 0 Å². The van der Waals surface area contributed by atoms with Gasteiger partial charge in [-0.3, -0.25) is 19.8 Å². The van der Waals surface area contributed by atoms with Crippen molar-refractivity contribution in [2.24, 2.45) is 0 Å². The number of aromatic amines is 1. The molecule has 0 fully saturated rings. The zero-order chi connectivity index (χ0) is 21.1. The predicted molar refractivity (Wildman–Crippen MR) is 103 cm³/mol. The summed E-state index contributed by atoms with van der Waals surface area (Å²) in [6.07, 6.45) is 0. The summed E-state index contributed by atoms with van der Waals surface area (Å²) in [5.41, 5.74) is 1.88. The molecular formula is C19H24N4O5. The normalized spacial score (nSPS) is 10.9. The van der Waals surface area contributed by atoms with Gasteiger partial charge in [-0.25, -0.2) is 10.1 Å². The number of hydrazine groups is 1. The van der Waals surface area contributed by atoms with Gasteiger partial charge in [-0.2, -0.15) is 0 Å². The topological polar surface area (TPSA) is 114 Å². The highest BCUT2D eigenvalue weighted by molar-refractivity contribution is 6.00. The SMILES string of the molecule is COc1cc(C(=O)N(NC(=O)c2cccc(OC)c2C)C(C)(C)C)c(=O)[nH]n1. The smallest absolute Gasteiger partial charge is 0.278 e. The maximum Gasteiger partial charge on any atom is 0.278 e. The van der Waals surface area contributed by atoms with Gasteiger partial charge >= 0.3 is 0 Å². The minimum Gasteiger partial charge on any atom is -0.496 e. The number of ether oxygens (including phenoxy) is 2. The third-order valence-corrected chi connectivity index (χ3v) is 4.06. The molecule has 0 spiro atoms. The number of nitrogens with one attached hydrogen (secondary N) is 2. The van der Waals surface area contributed by atoms with Gasteiger partial charge in [0.05, 0.1) is 19.8 Å². The second-order valence-electron chi connectivity index (χ2n) is 7.04. The summed E-state index contributed by atoms with van der Waals surface area (Å²) in [4.78, 5) is 38.0. The van der Waals surface area contributed by atoms with E-state index in [2.05, 4.69) is 15.6 Å². The van der Waals surface area contributed by atoms with Gasteiger partial charge in [-0.15, -0.1) is 5.10 Å². The number of benzene rings is 1. The standard InChI is InChI=1S/C19H24N4O5/c1-11-12(8-7-9-14(11)27-5)17(25)22-23(19(2,3)4)18(26)13-10-15(28-6)20-21-16(13)24/h7-10H,1-6H3,(H,21,24)(H,22,25). The van der Waals surface area contributed by atoms with Crippen LogP contribution in [-0.4, -0.2) is 46.8 Å². The molecule has 1 aromatic carbocycles. The fraction of sp³-hybridized carbons (Fsp3) is 0.368. The molecular weight excluding hydrogens is 364 g/mol. The average Bonchev–Trinajstić information content (AvgIpc) is 2.65. The first-order valence-corrected chi connectivity index (χ1v) is 8.53. The van der Waals surface area contributed by atoms with Crippen LogP contribution in [0.5, 0.6) is 11.6 Å². The third-order valence-electron chi connectivity index (χ3n) is 4.06. The summed E-state index contributed by atoms with van der Waals surface area (Å²) in [6.45, 7) is 6.94. The van der Waals surface area contributed by atoms with E-state index < -0.39 is 22.9 Å². The molecule has 0 atom stereocenters. The maximum absolute atomic E-state index is 13.0. The van der Waals surface area contributed by atoms with E-state index in [4.69, 9.17) is 9.47 Å². The Balaban J connectivity index is 2.42. The fourth-order valence-corrected chi connectivity index (χ4v) is 2.54.